The fourth-order valence-corrected chi connectivity index (χ4v) is 4.19. The highest BCUT2D eigenvalue weighted by Crippen LogP contribution is 2.36. The van der Waals surface area contributed by atoms with Crippen LogP contribution in [0.5, 0.6) is 0 Å². The zero-order valence-electron chi connectivity index (χ0n) is 15.5. The lowest BCUT2D eigenvalue weighted by Gasteiger charge is -2.18. The minimum atomic E-state index is -1.04. The van der Waals surface area contributed by atoms with Gasteiger partial charge in [0.15, 0.2) is 0 Å². The van der Waals surface area contributed by atoms with Crippen molar-refractivity contribution < 1.29 is 9.90 Å². The van der Waals surface area contributed by atoms with Crippen LogP contribution in [-0.2, 0) is 4.79 Å². The minimum absolute atomic E-state index is 0.0564. The van der Waals surface area contributed by atoms with Crippen molar-refractivity contribution in [1.29, 1.82) is 0 Å². The molecule has 0 spiro atoms. The number of carbonyl (C=O) groups is 1. The number of aliphatic carboxylic acids is 1. The number of benzene rings is 1. The van der Waals surface area contributed by atoms with E-state index in [1.807, 2.05) is 52.0 Å². The van der Waals surface area contributed by atoms with Crippen LogP contribution in [0.25, 0.3) is 21.3 Å². The Kier molecular flexibility index (Phi) is 4.71. The van der Waals surface area contributed by atoms with E-state index in [0.29, 0.717) is 16.0 Å². The molecule has 26 heavy (non-hydrogen) atoms. The molecule has 0 fully saturated rings. The number of nitrogens with zero attached hydrogens (tertiary/aromatic N) is 2. The van der Waals surface area contributed by atoms with Gasteiger partial charge in [0, 0.05) is 16.4 Å². The Balaban J connectivity index is 2.41. The topological polar surface area (TPSA) is 72.2 Å². The molecule has 0 aliphatic carbocycles. The summed E-state index contributed by atoms with van der Waals surface area (Å²) in [6, 6.07) is 7.02. The van der Waals surface area contributed by atoms with Gasteiger partial charge in [0.2, 0.25) is 0 Å². The molecule has 0 radical (unpaired) electrons. The molecule has 1 atom stereocenters. The van der Waals surface area contributed by atoms with Gasteiger partial charge in [-0.3, -0.25) is 9.36 Å². The highest BCUT2D eigenvalue weighted by Gasteiger charge is 2.25. The van der Waals surface area contributed by atoms with Crippen molar-refractivity contribution in [2.45, 2.75) is 46.6 Å². The van der Waals surface area contributed by atoms with Crippen LogP contribution in [0.15, 0.2) is 29.1 Å². The average Bonchev–Trinajstić information content (AvgIpc) is 2.91. The zero-order valence-corrected chi connectivity index (χ0v) is 16.3. The molecular formula is C20H22N2O3S. The van der Waals surface area contributed by atoms with Gasteiger partial charge in [-0.2, -0.15) is 0 Å². The van der Waals surface area contributed by atoms with Crippen molar-refractivity contribution in [2.75, 3.05) is 0 Å². The van der Waals surface area contributed by atoms with E-state index in [-0.39, 0.29) is 11.5 Å². The molecule has 1 N–H and O–H groups in total. The first-order valence-corrected chi connectivity index (χ1v) is 9.39. The van der Waals surface area contributed by atoms with E-state index in [1.165, 1.54) is 22.8 Å². The first-order chi connectivity index (χ1) is 12.2. The molecule has 2 heterocycles. The lowest BCUT2D eigenvalue weighted by atomic mass is 10.0. The van der Waals surface area contributed by atoms with Crippen LogP contribution >= 0.6 is 11.3 Å². The van der Waals surface area contributed by atoms with Crippen molar-refractivity contribution in [1.82, 2.24) is 9.55 Å². The van der Waals surface area contributed by atoms with Crippen molar-refractivity contribution in [3.8, 4) is 11.1 Å². The summed E-state index contributed by atoms with van der Waals surface area (Å²) in [5, 5.41) is 9.98. The monoisotopic (exact) mass is 370 g/mol. The lowest BCUT2D eigenvalue weighted by molar-refractivity contribution is -0.140. The molecule has 0 amide bonds. The number of aromatic nitrogens is 2. The van der Waals surface area contributed by atoms with Gasteiger partial charge in [-0.25, -0.2) is 9.78 Å². The third-order valence-corrected chi connectivity index (χ3v) is 5.56. The molecule has 1 aromatic carbocycles. The van der Waals surface area contributed by atoms with Crippen LogP contribution < -0.4 is 5.56 Å². The average molecular weight is 370 g/mol. The van der Waals surface area contributed by atoms with Gasteiger partial charge in [0.05, 0.1) is 5.39 Å². The molecule has 0 aliphatic rings. The predicted molar refractivity (Wildman–Crippen MR) is 105 cm³/mol. The van der Waals surface area contributed by atoms with E-state index in [1.54, 1.807) is 0 Å². The number of thiophene rings is 1. The molecule has 5 nitrogen and oxygen atoms in total. The number of carboxylic acids is 1. The van der Waals surface area contributed by atoms with E-state index in [0.717, 1.165) is 21.6 Å². The Bertz CT molecular complexity index is 1050. The number of rotatable bonds is 4. The van der Waals surface area contributed by atoms with Crippen molar-refractivity contribution in [3.05, 3.63) is 50.9 Å². The van der Waals surface area contributed by atoms with E-state index in [4.69, 9.17) is 0 Å². The Morgan fingerprint density at radius 3 is 2.31 bits per heavy atom. The van der Waals surface area contributed by atoms with Gasteiger partial charge < -0.3 is 5.11 Å². The van der Waals surface area contributed by atoms with Gasteiger partial charge in [-0.05, 0) is 26.3 Å². The van der Waals surface area contributed by atoms with E-state index < -0.39 is 12.0 Å². The highest BCUT2D eigenvalue weighted by molar-refractivity contribution is 7.19. The molecule has 0 saturated heterocycles. The van der Waals surface area contributed by atoms with Crippen molar-refractivity contribution in [2.24, 2.45) is 0 Å². The number of carboxylic acid groups (broad SMARTS) is 1. The summed E-state index contributed by atoms with van der Waals surface area (Å²) in [5.74, 6) is -0.591. The molecule has 1 unspecified atom stereocenters. The van der Waals surface area contributed by atoms with Crippen LogP contribution in [0.2, 0.25) is 0 Å². The third kappa shape index (κ3) is 2.94. The fourth-order valence-electron chi connectivity index (χ4n) is 3.15. The maximum Gasteiger partial charge on any atom is 0.326 e. The van der Waals surface area contributed by atoms with Crippen molar-refractivity contribution in [3.63, 3.8) is 0 Å². The largest absolute Gasteiger partial charge is 0.480 e. The second kappa shape index (κ2) is 6.68. The van der Waals surface area contributed by atoms with Crippen LogP contribution in [0.4, 0.5) is 0 Å². The number of hydrogen-bond acceptors (Lipinski definition) is 4. The number of aryl methyl sites for hydroxylation is 2. The first kappa shape index (κ1) is 18.3. The fraction of sp³-hybridized carbons (Fsp3) is 0.350. The quantitative estimate of drug-likeness (QED) is 0.733. The molecule has 2 aromatic heterocycles. The van der Waals surface area contributed by atoms with Gasteiger partial charge in [0.25, 0.3) is 5.56 Å². The normalized spacial score (nSPS) is 12.7. The van der Waals surface area contributed by atoms with Gasteiger partial charge in [0.1, 0.15) is 16.7 Å². The standard InChI is InChI=1S/C20H22N2O3S/c1-10(2)17-21-18-16(19(23)22(17)12(4)20(24)25)15(13(5)26-18)14-8-6-11(3)7-9-14/h6-10,12H,1-5H3,(H,24,25). The summed E-state index contributed by atoms with van der Waals surface area (Å²) in [6.07, 6.45) is 0. The van der Waals surface area contributed by atoms with Gasteiger partial charge in [-0.1, -0.05) is 43.7 Å². The van der Waals surface area contributed by atoms with Crippen molar-refractivity contribution >= 4 is 27.5 Å². The zero-order chi connectivity index (χ0) is 19.2. The minimum Gasteiger partial charge on any atom is -0.480 e. The molecule has 3 aromatic rings. The lowest BCUT2D eigenvalue weighted by Crippen LogP contribution is -2.32. The third-order valence-electron chi connectivity index (χ3n) is 4.56. The first-order valence-electron chi connectivity index (χ1n) is 8.57. The molecule has 0 aliphatic heterocycles. The molecule has 3 rings (SSSR count). The second-order valence-corrected chi connectivity index (χ2v) is 8.10. The number of hydrogen-bond donors (Lipinski definition) is 1. The summed E-state index contributed by atoms with van der Waals surface area (Å²) >= 11 is 1.48. The molecule has 0 bridgehead atoms. The Morgan fingerprint density at radius 2 is 1.77 bits per heavy atom. The maximum absolute atomic E-state index is 13.3. The Morgan fingerprint density at radius 1 is 1.15 bits per heavy atom. The van der Waals surface area contributed by atoms with E-state index in [9.17, 15) is 14.7 Å². The van der Waals surface area contributed by atoms with E-state index in [2.05, 4.69) is 4.98 Å². The van der Waals surface area contributed by atoms with Gasteiger partial charge in [-0.15, -0.1) is 11.3 Å². The van der Waals surface area contributed by atoms with Crippen LogP contribution in [0.3, 0.4) is 0 Å². The molecule has 0 saturated carbocycles. The van der Waals surface area contributed by atoms with Gasteiger partial charge >= 0.3 is 5.97 Å². The maximum atomic E-state index is 13.3. The van der Waals surface area contributed by atoms with E-state index >= 15 is 0 Å². The molecule has 136 valence electrons. The Hall–Kier alpha value is -2.47. The van der Waals surface area contributed by atoms with Crippen LogP contribution in [0, 0.1) is 13.8 Å². The summed E-state index contributed by atoms with van der Waals surface area (Å²) in [4.78, 5) is 31.3. The SMILES string of the molecule is Cc1ccc(-c2c(C)sc3nc(C(C)C)n(C(C)C(=O)O)c(=O)c23)cc1. The summed E-state index contributed by atoms with van der Waals surface area (Å²) in [6.45, 7) is 9.34. The number of fused-ring (bicyclic) bond motifs is 1. The predicted octanol–water partition coefficient (Wildman–Crippen LogP) is 4.51. The van der Waals surface area contributed by atoms with Crippen LogP contribution in [0.1, 0.15) is 49.0 Å². The van der Waals surface area contributed by atoms with Crippen LogP contribution in [-0.4, -0.2) is 20.6 Å². The highest BCUT2D eigenvalue weighted by atomic mass is 32.1. The molecule has 6 heteroatoms. The summed E-state index contributed by atoms with van der Waals surface area (Å²) in [7, 11) is 0. The molecular weight excluding hydrogens is 348 g/mol. The smallest absolute Gasteiger partial charge is 0.326 e. The Labute approximate surface area is 155 Å². The summed E-state index contributed by atoms with van der Waals surface area (Å²) in [5.41, 5.74) is 2.66. The summed E-state index contributed by atoms with van der Waals surface area (Å²) < 4.78 is 1.33. The second-order valence-electron chi connectivity index (χ2n) is 6.89.